The summed E-state index contributed by atoms with van der Waals surface area (Å²) in [6.07, 6.45) is 1.70. The lowest BCUT2D eigenvalue weighted by Gasteiger charge is -2.08. The number of aryl methyl sites for hydroxylation is 1. The first kappa shape index (κ1) is 13.7. The molecule has 94 valence electrons. The lowest BCUT2D eigenvalue weighted by atomic mass is 10.1. The van der Waals surface area contributed by atoms with E-state index in [9.17, 15) is 0 Å². The zero-order chi connectivity index (χ0) is 13.1. The Bertz CT molecular complexity index is 521. The number of anilines is 1. The van der Waals surface area contributed by atoms with E-state index in [1.165, 1.54) is 0 Å². The molecule has 2 aromatic rings. The van der Waals surface area contributed by atoms with E-state index in [4.69, 9.17) is 23.2 Å². The number of nitrogens with zero attached hydrogens (tertiary/aromatic N) is 1. The van der Waals surface area contributed by atoms with Gasteiger partial charge in [0.2, 0.25) is 0 Å². The third-order valence-corrected chi connectivity index (χ3v) is 4.07. The molecule has 0 fully saturated rings. The monoisotopic (exact) mass is 344 g/mol. The molecule has 0 radical (unpaired) electrons. The van der Waals surface area contributed by atoms with Crippen LogP contribution in [0, 0.1) is 6.92 Å². The summed E-state index contributed by atoms with van der Waals surface area (Å²) in [5.41, 5.74) is 3.11. The van der Waals surface area contributed by atoms with Crippen molar-refractivity contribution in [1.29, 1.82) is 0 Å². The SMILES string of the molecule is Cc1ccc(CNc2cnc(Cl)c(Br)c2)cc1Cl. The van der Waals surface area contributed by atoms with Crippen LogP contribution in [-0.2, 0) is 6.54 Å². The highest BCUT2D eigenvalue weighted by Crippen LogP contribution is 2.23. The molecule has 0 aliphatic carbocycles. The van der Waals surface area contributed by atoms with Gasteiger partial charge >= 0.3 is 0 Å². The lowest BCUT2D eigenvalue weighted by Crippen LogP contribution is -2.00. The van der Waals surface area contributed by atoms with Crippen molar-refractivity contribution < 1.29 is 0 Å². The molecule has 18 heavy (non-hydrogen) atoms. The molecular formula is C13H11BrCl2N2. The third kappa shape index (κ3) is 3.37. The minimum atomic E-state index is 0.457. The van der Waals surface area contributed by atoms with E-state index in [0.717, 1.165) is 26.3 Å². The highest BCUT2D eigenvalue weighted by atomic mass is 79.9. The van der Waals surface area contributed by atoms with Gasteiger partial charge in [-0.05, 0) is 46.1 Å². The molecule has 0 amide bonds. The van der Waals surface area contributed by atoms with Crippen molar-refractivity contribution in [3.05, 3.63) is 56.2 Å². The van der Waals surface area contributed by atoms with E-state index in [2.05, 4.69) is 26.2 Å². The summed E-state index contributed by atoms with van der Waals surface area (Å²) >= 11 is 15.2. The lowest BCUT2D eigenvalue weighted by molar-refractivity contribution is 1.13. The topological polar surface area (TPSA) is 24.9 Å². The maximum atomic E-state index is 6.08. The molecule has 0 bridgehead atoms. The maximum Gasteiger partial charge on any atom is 0.143 e. The van der Waals surface area contributed by atoms with Gasteiger partial charge in [0, 0.05) is 11.6 Å². The molecule has 5 heteroatoms. The van der Waals surface area contributed by atoms with Gasteiger partial charge in [-0.15, -0.1) is 0 Å². The van der Waals surface area contributed by atoms with E-state index in [1.54, 1.807) is 6.20 Å². The molecule has 0 atom stereocenters. The Labute approximate surface area is 124 Å². The van der Waals surface area contributed by atoms with E-state index in [-0.39, 0.29) is 0 Å². The zero-order valence-electron chi connectivity index (χ0n) is 9.67. The molecule has 0 aliphatic heterocycles. The van der Waals surface area contributed by atoms with Crippen LogP contribution in [0.3, 0.4) is 0 Å². The largest absolute Gasteiger partial charge is 0.380 e. The molecular weight excluding hydrogens is 335 g/mol. The van der Waals surface area contributed by atoms with E-state index in [1.807, 2.05) is 31.2 Å². The Morgan fingerprint density at radius 3 is 2.72 bits per heavy atom. The van der Waals surface area contributed by atoms with Crippen molar-refractivity contribution in [2.75, 3.05) is 5.32 Å². The fraction of sp³-hybridized carbons (Fsp3) is 0.154. The van der Waals surface area contributed by atoms with Gasteiger partial charge in [-0.3, -0.25) is 0 Å². The predicted octanol–water partition coefficient (Wildman–Crippen LogP) is 5.07. The quantitative estimate of drug-likeness (QED) is 0.785. The number of nitrogens with one attached hydrogen (secondary N) is 1. The van der Waals surface area contributed by atoms with E-state index in [0.29, 0.717) is 11.7 Å². The number of hydrogen-bond acceptors (Lipinski definition) is 2. The Balaban J connectivity index is 2.06. The van der Waals surface area contributed by atoms with Gasteiger partial charge in [-0.25, -0.2) is 4.98 Å². The first-order chi connectivity index (χ1) is 8.56. The number of hydrogen-bond donors (Lipinski definition) is 1. The summed E-state index contributed by atoms with van der Waals surface area (Å²) in [5.74, 6) is 0. The normalized spacial score (nSPS) is 10.4. The maximum absolute atomic E-state index is 6.08. The second-order valence-corrected chi connectivity index (χ2v) is 5.55. The second-order valence-electron chi connectivity index (χ2n) is 3.93. The number of halogens is 3. The summed E-state index contributed by atoms with van der Waals surface area (Å²) in [4.78, 5) is 4.05. The molecule has 0 spiro atoms. The fourth-order valence-electron chi connectivity index (χ4n) is 1.47. The van der Waals surface area contributed by atoms with E-state index < -0.39 is 0 Å². The van der Waals surface area contributed by atoms with Gasteiger partial charge in [0.1, 0.15) is 5.15 Å². The van der Waals surface area contributed by atoms with Crippen molar-refractivity contribution in [2.24, 2.45) is 0 Å². The summed E-state index contributed by atoms with van der Waals surface area (Å²) in [5, 5.41) is 4.51. The molecule has 1 aromatic carbocycles. The molecule has 1 heterocycles. The van der Waals surface area contributed by atoms with Gasteiger partial charge in [-0.1, -0.05) is 35.3 Å². The van der Waals surface area contributed by atoms with Crippen LogP contribution in [0.15, 0.2) is 34.9 Å². The Morgan fingerprint density at radius 2 is 2.06 bits per heavy atom. The van der Waals surface area contributed by atoms with Crippen molar-refractivity contribution in [3.63, 3.8) is 0 Å². The van der Waals surface area contributed by atoms with E-state index >= 15 is 0 Å². The molecule has 0 aliphatic rings. The Hall–Kier alpha value is -0.770. The number of benzene rings is 1. The van der Waals surface area contributed by atoms with Crippen LogP contribution < -0.4 is 5.32 Å². The van der Waals surface area contributed by atoms with Crippen LogP contribution in [0.2, 0.25) is 10.2 Å². The van der Waals surface area contributed by atoms with Crippen molar-refractivity contribution in [1.82, 2.24) is 4.98 Å². The number of rotatable bonds is 3. The first-order valence-corrected chi connectivity index (χ1v) is 6.91. The number of aromatic nitrogens is 1. The average molecular weight is 346 g/mol. The molecule has 0 saturated carbocycles. The molecule has 2 nitrogen and oxygen atoms in total. The van der Waals surface area contributed by atoms with Crippen LogP contribution in [0.1, 0.15) is 11.1 Å². The van der Waals surface area contributed by atoms with Crippen LogP contribution in [0.4, 0.5) is 5.69 Å². The van der Waals surface area contributed by atoms with Gasteiger partial charge in [0.15, 0.2) is 0 Å². The van der Waals surface area contributed by atoms with Crippen LogP contribution in [-0.4, -0.2) is 4.98 Å². The van der Waals surface area contributed by atoms with Gasteiger partial charge in [0.25, 0.3) is 0 Å². The molecule has 1 aromatic heterocycles. The standard InChI is InChI=1S/C13H11BrCl2N2/c1-8-2-3-9(4-12(8)15)6-17-10-5-11(14)13(16)18-7-10/h2-5,7,17H,6H2,1H3. The highest BCUT2D eigenvalue weighted by Gasteiger charge is 2.01. The summed E-state index contributed by atoms with van der Waals surface area (Å²) in [6, 6.07) is 7.91. The average Bonchev–Trinajstić information content (AvgIpc) is 2.35. The minimum Gasteiger partial charge on any atom is -0.380 e. The second kappa shape index (κ2) is 5.91. The Morgan fingerprint density at radius 1 is 1.28 bits per heavy atom. The fourth-order valence-corrected chi connectivity index (χ4v) is 2.12. The summed E-state index contributed by atoms with van der Waals surface area (Å²) < 4.78 is 0.774. The smallest absolute Gasteiger partial charge is 0.143 e. The molecule has 0 unspecified atom stereocenters. The van der Waals surface area contributed by atoms with Gasteiger partial charge in [0.05, 0.1) is 16.4 Å². The molecule has 0 saturated heterocycles. The number of pyridine rings is 1. The van der Waals surface area contributed by atoms with Gasteiger partial charge in [-0.2, -0.15) is 0 Å². The van der Waals surface area contributed by atoms with Crippen molar-refractivity contribution in [3.8, 4) is 0 Å². The zero-order valence-corrected chi connectivity index (χ0v) is 12.8. The predicted molar refractivity (Wildman–Crippen MR) is 80.5 cm³/mol. The molecule has 2 rings (SSSR count). The van der Waals surface area contributed by atoms with Crippen LogP contribution in [0.25, 0.3) is 0 Å². The minimum absolute atomic E-state index is 0.457. The summed E-state index contributed by atoms with van der Waals surface area (Å²) in [6.45, 7) is 2.68. The first-order valence-electron chi connectivity index (χ1n) is 5.36. The third-order valence-electron chi connectivity index (χ3n) is 2.53. The summed E-state index contributed by atoms with van der Waals surface area (Å²) in [7, 11) is 0. The van der Waals surface area contributed by atoms with Crippen LogP contribution >= 0.6 is 39.1 Å². The van der Waals surface area contributed by atoms with Crippen LogP contribution in [0.5, 0.6) is 0 Å². The van der Waals surface area contributed by atoms with Gasteiger partial charge < -0.3 is 5.32 Å². The van der Waals surface area contributed by atoms with Crippen molar-refractivity contribution >= 4 is 44.8 Å². The molecule has 1 N–H and O–H groups in total. The van der Waals surface area contributed by atoms with Crippen molar-refractivity contribution in [2.45, 2.75) is 13.5 Å². The Kier molecular flexibility index (Phi) is 4.49. The highest BCUT2D eigenvalue weighted by molar-refractivity contribution is 9.10.